The molecule has 1 fully saturated rings. The highest BCUT2D eigenvalue weighted by Gasteiger charge is 2.13. The van der Waals surface area contributed by atoms with Gasteiger partial charge in [-0.25, -0.2) is 0 Å². The van der Waals surface area contributed by atoms with E-state index in [4.69, 9.17) is 0 Å². The summed E-state index contributed by atoms with van der Waals surface area (Å²) in [4.78, 5) is 2.49. The number of rotatable bonds is 3. The monoisotopic (exact) mass is 264 g/mol. The SMILES string of the molecule is CSC(C)c1ccc(N2CCNC(C)CC2)cc1. The fourth-order valence-corrected chi connectivity index (χ4v) is 2.79. The summed E-state index contributed by atoms with van der Waals surface area (Å²) in [6.07, 6.45) is 3.39. The highest BCUT2D eigenvalue weighted by molar-refractivity contribution is 7.98. The van der Waals surface area contributed by atoms with Gasteiger partial charge in [0.15, 0.2) is 0 Å². The topological polar surface area (TPSA) is 15.3 Å². The Morgan fingerprint density at radius 2 is 2.00 bits per heavy atom. The summed E-state index contributed by atoms with van der Waals surface area (Å²) < 4.78 is 0. The third kappa shape index (κ3) is 3.42. The third-order valence-electron chi connectivity index (χ3n) is 3.79. The molecule has 0 radical (unpaired) electrons. The van der Waals surface area contributed by atoms with Crippen molar-refractivity contribution in [3.63, 3.8) is 0 Å². The lowest BCUT2D eigenvalue weighted by molar-refractivity contribution is 0.566. The zero-order chi connectivity index (χ0) is 13.0. The zero-order valence-corrected chi connectivity index (χ0v) is 12.5. The van der Waals surface area contributed by atoms with Gasteiger partial charge in [-0.2, -0.15) is 11.8 Å². The average Bonchev–Trinajstić information content (AvgIpc) is 2.63. The summed E-state index contributed by atoms with van der Waals surface area (Å²) >= 11 is 1.90. The van der Waals surface area contributed by atoms with Gasteiger partial charge in [-0.1, -0.05) is 12.1 Å². The van der Waals surface area contributed by atoms with Crippen molar-refractivity contribution in [3.8, 4) is 0 Å². The van der Waals surface area contributed by atoms with Gasteiger partial charge in [0.25, 0.3) is 0 Å². The maximum Gasteiger partial charge on any atom is 0.0366 e. The van der Waals surface area contributed by atoms with Crippen LogP contribution in [-0.4, -0.2) is 31.9 Å². The molecule has 1 N–H and O–H groups in total. The molecule has 0 aromatic heterocycles. The van der Waals surface area contributed by atoms with E-state index in [1.165, 1.54) is 17.7 Å². The van der Waals surface area contributed by atoms with E-state index >= 15 is 0 Å². The van der Waals surface area contributed by atoms with Crippen LogP contribution in [0.4, 0.5) is 5.69 Å². The van der Waals surface area contributed by atoms with Crippen molar-refractivity contribution in [1.29, 1.82) is 0 Å². The average molecular weight is 264 g/mol. The Kier molecular flexibility index (Phi) is 4.95. The molecule has 3 heteroatoms. The second-order valence-corrected chi connectivity index (χ2v) is 6.28. The van der Waals surface area contributed by atoms with Gasteiger partial charge in [0.2, 0.25) is 0 Å². The molecule has 100 valence electrons. The minimum atomic E-state index is 0.588. The van der Waals surface area contributed by atoms with Crippen LogP contribution in [0.1, 0.15) is 31.1 Å². The molecule has 1 aromatic rings. The Morgan fingerprint density at radius 1 is 1.28 bits per heavy atom. The van der Waals surface area contributed by atoms with Gasteiger partial charge in [0.05, 0.1) is 0 Å². The quantitative estimate of drug-likeness (QED) is 0.902. The van der Waals surface area contributed by atoms with Gasteiger partial charge in [-0.05, 0) is 44.2 Å². The van der Waals surface area contributed by atoms with Gasteiger partial charge >= 0.3 is 0 Å². The number of hydrogen-bond acceptors (Lipinski definition) is 3. The van der Waals surface area contributed by atoms with Crippen molar-refractivity contribution in [3.05, 3.63) is 29.8 Å². The summed E-state index contributed by atoms with van der Waals surface area (Å²) in [5, 5.41) is 4.13. The number of nitrogens with one attached hydrogen (secondary N) is 1. The van der Waals surface area contributed by atoms with E-state index in [2.05, 4.69) is 54.6 Å². The molecule has 0 aliphatic carbocycles. The number of nitrogens with zero attached hydrogens (tertiary/aromatic N) is 1. The van der Waals surface area contributed by atoms with Crippen molar-refractivity contribution in [1.82, 2.24) is 5.32 Å². The van der Waals surface area contributed by atoms with E-state index in [9.17, 15) is 0 Å². The Labute approximate surface area is 115 Å². The number of hydrogen-bond donors (Lipinski definition) is 1. The first-order chi connectivity index (χ1) is 8.70. The molecular weight excluding hydrogens is 240 g/mol. The van der Waals surface area contributed by atoms with Crippen LogP contribution in [-0.2, 0) is 0 Å². The first kappa shape index (κ1) is 13.8. The zero-order valence-electron chi connectivity index (χ0n) is 11.6. The maximum atomic E-state index is 3.54. The molecule has 1 aromatic carbocycles. The largest absolute Gasteiger partial charge is 0.370 e. The molecule has 2 rings (SSSR count). The maximum absolute atomic E-state index is 3.54. The van der Waals surface area contributed by atoms with E-state index in [-0.39, 0.29) is 0 Å². The lowest BCUT2D eigenvalue weighted by Gasteiger charge is -2.23. The highest BCUT2D eigenvalue weighted by atomic mass is 32.2. The summed E-state index contributed by atoms with van der Waals surface area (Å²) in [7, 11) is 0. The van der Waals surface area contributed by atoms with Gasteiger partial charge in [-0.3, -0.25) is 0 Å². The normalized spacial score (nSPS) is 22.6. The smallest absolute Gasteiger partial charge is 0.0366 e. The fraction of sp³-hybridized carbons (Fsp3) is 0.600. The summed E-state index contributed by atoms with van der Waals surface area (Å²) in [6, 6.07) is 9.75. The molecule has 1 aliphatic rings. The second-order valence-electron chi connectivity index (χ2n) is 5.10. The Morgan fingerprint density at radius 3 is 2.67 bits per heavy atom. The summed E-state index contributed by atoms with van der Waals surface area (Å²) in [6.45, 7) is 7.89. The van der Waals surface area contributed by atoms with E-state index in [1.54, 1.807) is 0 Å². The third-order valence-corrected chi connectivity index (χ3v) is 4.77. The van der Waals surface area contributed by atoms with Gasteiger partial charge in [0, 0.05) is 36.6 Å². The van der Waals surface area contributed by atoms with Crippen LogP contribution < -0.4 is 10.2 Å². The molecule has 2 atom stereocenters. The molecule has 0 amide bonds. The highest BCUT2D eigenvalue weighted by Crippen LogP contribution is 2.27. The van der Waals surface area contributed by atoms with Gasteiger partial charge in [-0.15, -0.1) is 0 Å². The lowest BCUT2D eigenvalue weighted by atomic mass is 10.1. The Hall–Kier alpha value is -0.670. The van der Waals surface area contributed by atoms with Crippen LogP contribution in [0.2, 0.25) is 0 Å². The van der Waals surface area contributed by atoms with E-state index in [0.717, 1.165) is 19.6 Å². The van der Waals surface area contributed by atoms with Crippen LogP contribution in [0.15, 0.2) is 24.3 Å². The standard InChI is InChI=1S/C15H24N2S/c1-12-8-10-17(11-9-16-12)15-6-4-14(5-7-15)13(2)18-3/h4-7,12-13,16H,8-11H2,1-3H3. The summed E-state index contributed by atoms with van der Waals surface area (Å²) in [5.74, 6) is 0. The predicted octanol–water partition coefficient (Wildman–Crippen LogP) is 3.30. The van der Waals surface area contributed by atoms with Crippen LogP contribution in [0, 0.1) is 0 Å². The lowest BCUT2D eigenvalue weighted by Crippen LogP contribution is -2.28. The number of thioether (sulfide) groups is 1. The Balaban J connectivity index is 2.04. The van der Waals surface area contributed by atoms with Crippen molar-refractivity contribution >= 4 is 17.4 Å². The second kappa shape index (κ2) is 6.48. The Bertz CT molecular complexity index is 363. The molecule has 1 saturated heterocycles. The van der Waals surface area contributed by atoms with Crippen molar-refractivity contribution < 1.29 is 0 Å². The molecule has 1 aliphatic heterocycles. The first-order valence-electron chi connectivity index (χ1n) is 6.82. The summed E-state index contributed by atoms with van der Waals surface area (Å²) in [5.41, 5.74) is 2.79. The minimum Gasteiger partial charge on any atom is -0.370 e. The number of benzene rings is 1. The fourth-order valence-electron chi connectivity index (χ4n) is 2.36. The predicted molar refractivity (Wildman–Crippen MR) is 82.7 cm³/mol. The minimum absolute atomic E-state index is 0.588. The molecular formula is C15H24N2S. The molecule has 0 spiro atoms. The number of anilines is 1. The first-order valence-corrected chi connectivity index (χ1v) is 8.10. The van der Waals surface area contributed by atoms with E-state index in [1.807, 2.05) is 11.8 Å². The van der Waals surface area contributed by atoms with Crippen molar-refractivity contribution in [2.45, 2.75) is 31.6 Å². The van der Waals surface area contributed by atoms with Crippen LogP contribution in [0.3, 0.4) is 0 Å². The van der Waals surface area contributed by atoms with Gasteiger partial charge < -0.3 is 10.2 Å². The molecule has 2 nitrogen and oxygen atoms in total. The van der Waals surface area contributed by atoms with E-state index < -0.39 is 0 Å². The molecule has 0 saturated carbocycles. The van der Waals surface area contributed by atoms with E-state index in [0.29, 0.717) is 11.3 Å². The van der Waals surface area contributed by atoms with Gasteiger partial charge in [0.1, 0.15) is 0 Å². The molecule has 0 bridgehead atoms. The van der Waals surface area contributed by atoms with Crippen LogP contribution in [0.5, 0.6) is 0 Å². The van der Waals surface area contributed by atoms with Crippen molar-refractivity contribution in [2.24, 2.45) is 0 Å². The molecule has 1 heterocycles. The van der Waals surface area contributed by atoms with Crippen LogP contribution in [0.25, 0.3) is 0 Å². The van der Waals surface area contributed by atoms with Crippen LogP contribution >= 0.6 is 11.8 Å². The molecule has 18 heavy (non-hydrogen) atoms. The molecule has 2 unspecified atom stereocenters. The van der Waals surface area contributed by atoms with Crippen molar-refractivity contribution in [2.75, 3.05) is 30.8 Å².